The highest BCUT2D eigenvalue weighted by molar-refractivity contribution is 14.1. The highest BCUT2D eigenvalue weighted by atomic mass is 127. The SMILES string of the molecule is O=C(NC1CCC(Oc2ncc(Cl)cn2)CC1)c1ccc(I)cc1. The number of carbonyl (C=O) groups is 1. The predicted molar refractivity (Wildman–Crippen MR) is 100 cm³/mol. The minimum absolute atomic E-state index is 0.0168. The third-order valence-electron chi connectivity index (χ3n) is 3.98. The Labute approximate surface area is 159 Å². The van der Waals surface area contributed by atoms with Gasteiger partial charge in [0.15, 0.2) is 0 Å². The van der Waals surface area contributed by atoms with E-state index in [1.54, 1.807) is 0 Å². The summed E-state index contributed by atoms with van der Waals surface area (Å²) in [7, 11) is 0. The highest BCUT2D eigenvalue weighted by Gasteiger charge is 2.24. The standard InChI is InChI=1S/C17H17ClIN3O2/c18-12-9-20-17(21-10-12)24-15-7-5-14(6-8-15)22-16(23)11-1-3-13(19)4-2-11/h1-4,9-10,14-15H,5-8H2,(H,22,23). The van der Waals surface area contributed by atoms with Gasteiger partial charge in [-0.2, -0.15) is 0 Å². The Balaban J connectivity index is 1.47. The van der Waals surface area contributed by atoms with Gasteiger partial charge in [0.1, 0.15) is 6.10 Å². The number of halogens is 2. The molecule has 1 aliphatic rings. The first-order chi connectivity index (χ1) is 11.6. The maximum Gasteiger partial charge on any atom is 0.316 e. The van der Waals surface area contributed by atoms with E-state index < -0.39 is 0 Å². The van der Waals surface area contributed by atoms with E-state index in [2.05, 4.69) is 37.9 Å². The summed E-state index contributed by atoms with van der Waals surface area (Å²) in [6.45, 7) is 0. The van der Waals surface area contributed by atoms with E-state index in [9.17, 15) is 4.79 Å². The Morgan fingerprint density at radius 1 is 1.12 bits per heavy atom. The van der Waals surface area contributed by atoms with Crippen molar-refractivity contribution in [3.8, 4) is 6.01 Å². The zero-order valence-corrected chi connectivity index (χ0v) is 15.8. The van der Waals surface area contributed by atoms with Crippen LogP contribution in [0.3, 0.4) is 0 Å². The lowest BCUT2D eigenvalue weighted by Crippen LogP contribution is -2.39. The van der Waals surface area contributed by atoms with Gasteiger partial charge in [-0.1, -0.05) is 11.6 Å². The molecule has 1 fully saturated rings. The number of hydrogen-bond donors (Lipinski definition) is 1. The molecule has 0 radical (unpaired) electrons. The summed E-state index contributed by atoms with van der Waals surface area (Å²) in [5, 5.41) is 3.59. The number of carbonyl (C=O) groups excluding carboxylic acids is 1. The van der Waals surface area contributed by atoms with Crippen LogP contribution in [0.25, 0.3) is 0 Å². The fraction of sp³-hybridized carbons (Fsp3) is 0.353. The number of nitrogens with zero attached hydrogens (tertiary/aromatic N) is 2. The summed E-state index contributed by atoms with van der Waals surface area (Å²) >= 11 is 7.98. The summed E-state index contributed by atoms with van der Waals surface area (Å²) in [4.78, 5) is 20.4. The van der Waals surface area contributed by atoms with Gasteiger partial charge in [-0.3, -0.25) is 4.79 Å². The molecular weight excluding hydrogens is 441 g/mol. The lowest BCUT2D eigenvalue weighted by molar-refractivity contribution is 0.0885. The molecule has 7 heteroatoms. The molecule has 5 nitrogen and oxygen atoms in total. The van der Waals surface area contributed by atoms with Crippen LogP contribution in [0.2, 0.25) is 5.02 Å². The molecule has 0 atom stereocenters. The van der Waals surface area contributed by atoms with Gasteiger partial charge in [-0.05, 0) is 72.5 Å². The third-order valence-corrected chi connectivity index (χ3v) is 4.90. The maximum atomic E-state index is 12.3. The first-order valence-electron chi connectivity index (χ1n) is 7.81. The van der Waals surface area contributed by atoms with E-state index in [-0.39, 0.29) is 18.1 Å². The van der Waals surface area contributed by atoms with Gasteiger partial charge in [0, 0.05) is 15.2 Å². The zero-order chi connectivity index (χ0) is 16.9. The van der Waals surface area contributed by atoms with Gasteiger partial charge in [-0.25, -0.2) is 9.97 Å². The molecule has 1 heterocycles. The van der Waals surface area contributed by atoms with Crippen LogP contribution in [0.5, 0.6) is 6.01 Å². The van der Waals surface area contributed by atoms with Crippen LogP contribution in [-0.2, 0) is 0 Å². The zero-order valence-electron chi connectivity index (χ0n) is 12.9. The molecule has 1 aromatic heterocycles. The summed E-state index contributed by atoms with van der Waals surface area (Å²) in [5.74, 6) is -0.0168. The Morgan fingerprint density at radius 3 is 2.38 bits per heavy atom. The molecule has 0 spiro atoms. The van der Waals surface area contributed by atoms with E-state index in [4.69, 9.17) is 16.3 Å². The van der Waals surface area contributed by atoms with Crippen molar-refractivity contribution in [2.24, 2.45) is 0 Å². The number of aromatic nitrogens is 2. The van der Waals surface area contributed by atoms with Crippen molar-refractivity contribution in [3.63, 3.8) is 0 Å². The van der Waals surface area contributed by atoms with Gasteiger partial charge in [0.25, 0.3) is 5.91 Å². The number of amides is 1. The Hall–Kier alpha value is -1.41. The van der Waals surface area contributed by atoms with Gasteiger partial charge >= 0.3 is 6.01 Å². The second-order valence-corrected chi connectivity index (χ2v) is 7.44. The average Bonchev–Trinajstić information content (AvgIpc) is 2.59. The van der Waals surface area contributed by atoms with Crippen molar-refractivity contribution in [1.29, 1.82) is 0 Å². The molecule has 1 saturated carbocycles. The van der Waals surface area contributed by atoms with E-state index in [1.165, 1.54) is 12.4 Å². The van der Waals surface area contributed by atoms with Gasteiger partial charge in [-0.15, -0.1) is 0 Å². The molecule has 0 unspecified atom stereocenters. The highest BCUT2D eigenvalue weighted by Crippen LogP contribution is 2.22. The number of benzene rings is 1. The van der Waals surface area contributed by atoms with E-state index in [0.717, 1.165) is 29.3 Å². The van der Waals surface area contributed by atoms with Crippen LogP contribution in [0.15, 0.2) is 36.7 Å². The van der Waals surface area contributed by atoms with E-state index in [0.29, 0.717) is 16.6 Å². The van der Waals surface area contributed by atoms with Crippen LogP contribution in [0, 0.1) is 3.57 Å². The summed E-state index contributed by atoms with van der Waals surface area (Å²) in [6, 6.07) is 8.11. The second-order valence-electron chi connectivity index (χ2n) is 5.76. The number of hydrogen-bond acceptors (Lipinski definition) is 4. The van der Waals surface area contributed by atoms with Crippen LogP contribution >= 0.6 is 34.2 Å². The van der Waals surface area contributed by atoms with Crippen molar-refractivity contribution in [2.75, 3.05) is 0 Å². The van der Waals surface area contributed by atoms with Crippen LogP contribution in [0.4, 0.5) is 0 Å². The monoisotopic (exact) mass is 457 g/mol. The normalized spacial score (nSPS) is 20.4. The summed E-state index contributed by atoms with van der Waals surface area (Å²) in [5.41, 5.74) is 0.698. The number of rotatable bonds is 4. The molecule has 0 aliphatic heterocycles. The molecule has 126 valence electrons. The first-order valence-corrected chi connectivity index (χ1v) is 9.26. The minimum Gasteiger partial charge on any atom is -0.460 e. The molecule has 1 aromatic carbocycles. The second kappa shape index (κ2) is 8.11. The van der Waals surface area contributed by atoms with Crippen LogP contribution in [-0.4, -0.2) is 28.0 Å². The molecule has 1 N–H and O–H groups in total. The van der Waals surface area contributed by atoms with Gasteiger partial charge in [0.2, 0.25) is 0 Å². The molecule has 0 bridgehead atoms. The molecule has 24 heavy (non-hydrogen) atoms. The van der Waals surface area contributed by atoms with Crippen molar-refractivity contribution >= 4 is 40.1 Å². The quantitative estimate of drug-likeness (QED) is 0.708. The third kappa shape index (κ3) is 4.80. The van der Waals surface area contributed by atoms with E-state index >= 15 is 0 Å². The van der Waals surface area contributed by atoms with Crippen LogP contribution in [0.1, 0.15) is 36.0 Å². The lowest BCUT2D eigenvalue weighted by atomic mass is 9.92. The van der Waals surface area contributed by atoms with Crippen molar-refractivity contribution in [2.45, 2.75) is 37.8 Å². The average molecular weight is 458 g/mol. The number of nitrogens with one attached hydrogen (secondary N) is 1. The maximum absolute atomic E-state index is 12.3. The van der Waals surface area contributed by atoms with Crippen molar-refractivity contribution in [3.05, 3.63) is 50.8 Å². The minimum atomic E-state index is -0.0168. The Morgan fingerprint density at radius 2 is 1.75 bits per heavy atom. The molecule has 3 rings (SSSR count). The van der Waals surface area contributed by atoms with Crippen LogP contribution < -0.4 is 10.1 Å². The lowest BCUT2D eigenvalue weighted by Gasteiger charge is -2.28. The van der Waals surface area contributed by atoms with E-state index in [1.807, 2.05) is 24.3 Å². The molecule has 1 aliphatic carbocycles. The smallest absolute Gasteiger partial charge is 0.316 e. The van der Waals surface area contributed by atoms with Crippen molar-refractivity contribution < 1.29 is 9.53 Å². The largest absolute Gasteiger partial charge is 0.460 e. The summed E-state index contributed by atoms with van der Waals surface area (Å²) < 4.78 is 6.88. The Bertz CT molecular complexity index is 686. The fourth-order valence-corrected chi connectivity index (χ4v) is 3.16. The molecule has 0 saturated heterocycles. The fourth-order valence-electron chi connectivity index (χ4n) is 2.71. The molecule has 2 aromatic rings. The number of ether oxygens (including phenoxy) is 1. The first kappa shape index (κ1) is 17.4. The van der Waals surface area contributed by atoms with Gasteiger partial charge < -0.3 is 10.1 Å². The topological polar surface area (TPSA) is 64.1 Å². The van der Waals surface area contributed by atoms with Gasteiger partial charge in [0.05, 0.1) is 17.4 Å². The predicted octanol–water partition coefficient (Wildman–Crippen LogP) is 3.85. The molecular formula is C17H17ClIN3O2. The van der Waals surface area contributed by atoms with Crippen molar-refractivity contribution in [1.82, 2.24) is 15.3 Å². The molecule has 1 amide bonds. The summed E-state index contributed by atoms with van der Waals surface area (Å²) in [6.07, 6.45) is 6.63. The Kier molecular flexibility index (Phi) is 5.89.